The van der Waals surface area contributed by atoms with Crippen molar-refractivity contribution in [2.24, 2.45) is 5.73 Å². The molecule has 0 aliphatic rings. The lowest BCUT2D eigenvalue weighted by Crippen LogP contribution is -2.12. The first-order chi connectivity index (χ1) is 8.97. The van der Waals surface area contributed by atoms with Gasteiger partial charge in [0.15, 0.2) is 0 Å². The van der Waals surface area contributed by atoms with Gasteiger partial charge in [-0.15, -0.1) is 0 Å². The lowest BCUT2D eigenvalue weighted by atomic mass is 10.1. The number of ether oxygens (including phenoxy) is 1. The van der Waals surface area contributed by atoms with Gasteiger partial charge in [-0.1, -0.05) is 15.9 Å². The molecular weight excluding hydrogens is 304 g/mol. The molecule has 3 nitrogen and oxygen atoms in total. The number of aryl methyl sites for hydroxylation is 2. The third kappa shape index (κ3) is 3.15. The normalized spacial score (nSPS) is 10.3. The molecule has 0 heterocycles. The van der Waals surface area contributed by atoms with Crippen LogP contribution in [-0.4, -0.2) is 5.84 Å². The van der Waals surface area contributed by atoms with E-state index in [1.807, 2.05) is 44.2 Å². The van der Waals surface area contributed by atoms with E-state index < -0.39 is 0 Å². The fourth-order valence-electron chi connectivity index (χ4n) is 1.86. The van der Waals surface area contributed by atoms with Gasteiger partial charge >= 0.3 is 0 Å². The number of nitrogens with two attached hydrogens (primary N) is 1. The van der Waals surface area contributed by atoms with E-state index >= 15 is 0 Å². The van der Waals surface area contributed by atoms with E-state index in [4.69, 9.17) is 15.9 Å². The predicted octanol–water partition coefficient (Wildman–Crippen LogP) is 4.14. The van der Waals surface area contributed by atoms with E-state index in [9.17, 15) is 0 Å². The van der Waals surface area contributed by atoms with Gasteiger partial charge < -0.3 is 10.5 Å². The van der Waals surface area contributed by atoms with Crippen LogP contribution in [0.4, 0.5) is 0 Å². The van der Waals surface area contributed by atoms with Crippen LogP contribution >= 0.6 is 15.9 Å². The predicted molar refractivity (Wildman–Crippen MR) is 81.1 cm³/mol. The van der Waals surface area contributed by atoms with Crippen LogP contribution in [0.2, 0.25) is 0 Å². The minimum absolute atomic E-state index is 0.0730. The number of rotatable bonds is 3. The molecule has 2 aromatic carbocycles. The molecule has 0 saturated carbocycles. The van der Waals surface area contributed by atoms with Crippen LogP contribution in [0.3, 0.4) is 0 Å². The van der Waals surface area contributed by atoms with E-state index in [1.165, 1.54) is 0 Å². The van der Waals surface area contributed by atoms with Crippen LogP contribution in [0.5, 0.6) is 11.5 Å². The summed E-state index contributed by atoms with van der Waals surface area (Å²) in [6.45, 7) is 3.91. The molecule has 0 atom stereocenters. The molecule has 0 spiro atoms. The molecule has 2 rings (SSSR count). The van der Waals surface area contributed by atoms with Crippen LogP contribution in [0.15, 0.2) is 40.9 Å². The van der Waals surface area contributed by atoms with Gasteiger partial charge in [0.1, 0.15) is 17.3 Å². The van der Waals surface area contributed by atoms with Crippen molar-refractivity contribution in [2.45, 2.75) is 13.8 Å². The van der Waals surface area contributed by atoms with Crippen molar-refractivity contribution in [2.75, 3.05) is 0 Å². The Labute approximate surface area is 121 Å². The summed E-state index contributed by atoms with van der Waals surface area (Å²) in [5, 5.41) is 7.46. The van der Waals surface area contributed by atoms with Crippen LogP contribution < -0.4 is 10.5 Å². The zero-order valence-electron chi connectivity index (χ0n) is 10.8. The topological polar surface area (TPSA) is 59.1 Å². The first-order valence-electron chi connectivity index (χ1n) is 5.86. The highest BCUT2D eigenvalue weighted by Gasteiger charge is 2.06. The first-order valence-corrected chi connectivity index (χ1v) is 6.65. The van der Waals surface area contributed by atoms with Crippen LogP contribution in [-0.2, 0) is 0 Å². The molecule has 0 saturated heterocycles. The Hall–Kier alpha value is -1.81. The lowest BCUT2D eigenvalue weighted by Gasteiger charge is -2.11. The van der Waals surface area contributed by atoms with E-state index in [2.05, 4.69) is 15.9 Å². The van der Waals surface area contributed by atoms with Crippen molar-refractivity contribution < 1.29 is 4.74 Å². The zero-order valence-corrected chi connectivity index (χ0v) is 12.4. The Morgan fingerprint density at radius 2 is 1.84 bits per heavy atom. The maximum absolute atomic E-state index is 7.46. The monoisotopic (exact) mass is 318 g/mol. The fourth-order valence-corrected chi connectivity index (χ4v) is 2.33. The van der Waals surface area contributed by atoms with Gasteiger partial charge in [-0.3, -0.25) is 5.41 Å². The molecule has 0 fully saturated rings. The Morgan fingerprint density at radius 1 is 1.11 bits per heavy atom. The van der Waals surface area contributed by atoms with E-state index in [1.54, 1.807) is 6.07 Å². The van der Waals surface area contributed by atoms with Gasteiger partial charge in [0.2, 0.25) is 0 Å². The molecule has 0 radical (unpaired) electrons. The maximum atomic E-state index is 7.46. The largest absolute Gasteiger partial charge is 0.457 e. The number of hydrogen-bond acceptors (Lipinski definition) is 2. The summed E-state index contributed by atoms with van der Waals surface area (Å²) < 4.78 is 6.88. The van der Waals surface area contributed by atoms with E-state index in [0.717, 1.165) is 32.7 Å². The van der Waals surface area contributed by atoms with Gasteiger partial charge in [0.25, 0.3) is 0 Å². The molecule has 0 aliphatic heterocycles. The molecule has 0 aliphatic carbocycles. The second kappa shape index (κ2) is 5.45. The minimum Gasteiger partial charge on any atom is -0.457 e. The van der Waals surface area contributed by atoms with E-state index in [0.29, 0.717) is 0 Å². The molecule has 0 aromatic heterocycles. The molecule has 19 heavy (non-hydrogen) atoms. The molecule has 4 heteroatoms. The van der Waals surface area contributed by atoms with Crippen LogP contribution in [0, 0.1) is 19.3 Å². The summed E-state index contributed by atoms with van der Waals surface area (Å²) in [6, 6.07) is 11.4. The Balaban J connectivity index is 2.29. The molecule has 0 amide bonds. The third-order valence-corrected chi connectivity index (χ3v) is 3.35. The van der Waals surface area contributed by atoms with Crippen molar-refractivity contribution in [3.05, 3.63) is 57.6 Å². The second-order valence-electron chi connectivity index (χ2n) is 4.40. The number of benzene rings is 2. The number of hydrogen-bond donors (Lipinski definition) is 2. The molecule has 98 valence electrons. The number of nitrogens with one attached hydrogen (secondary N) is 1. The first kappa shape index (κ1) is 13.6. The van der Waals surface area contributed by atoms with Gasteiger partial charge in [0.05, 0.1) is 0 Å². The average molecular weight is 319 g/mol. The minimum atomic E-state index is 0.0730. The van der Waals surface area contributed by atoms with Gasteiger partial charge in [-0.2, -0.15) is 0 Å². The average Bonchev–Trinajstić information content (AvgIpc) is 2.32. The van der Waals surface area contributed by atoms with Crippen molar-refractivity contribution >= 4 is 21.8 Å². The van der Waals surface area contributed by atoms with Crippen LogP contribution in [0.25, 0.3) is 0 Å². The Kier molecular flexibility index (Phi) is 3.90. The smallest absolute Gasteiger partial charge is 0.130 e. The molecule has 3 N–H and O–H groups in total. The molecule has 0 bridgehead atoms. The highest BCUT2D eigenvalue weighted by molar-refractivity contribution is 9.10. The zero-order chi connectivity index (χ0) is 14.0. The molecular formula is C15H15BrN2O. The molecule has 0 unspecified atom stereocenters. The van der Waals surface area contributed by atoms with Gasteiger partial charge in [0, 0.05) is 10.0 Å². The SMILES string of the molecule is Cc1cc(Br)ccc1Oc1ccc(C(=N)N)c(C)c1. The summed E-state index contributed by atoms with van der Waals surface area (Å²) >= 11 is 3.43. The Morgan fingerprint density at radius 3 is 2.42 bits per heavy atom. The number of nitrogen functional groups attached to an aromatic ring is 1. The second-order valence-corrected chi connectivity index (χ2v) is 5.32. The third-order valence-electron chi connectivity index (χ3n) is 2.85. The van der Waals surface area contributed by atoms with E-state index in [-0.39, 0.29) is 5.84 Å². The van der Waals surface area contributed by atoms with Gasteiger partial charge in [-0.25, -0.2) is 0 Å². The summed E-state index contributed by atoms with van der Waals surface area (Å²) in [5.74, 6) is 1.63. The highest BCUT2D eigenvalue weighted by Crippen LogP contribution is 2.28. The van der Waals surface area contributed by atoms with Crippen LogP contribution in [0.1, 0.15) is 16.7 Å². The maximum Gasteiger partial charge on any atom is 0.130 e. The summed E-state index contributed by atoms with van der Waals surface area (Å²) in [7, 11) is 0. The number of amidine groups is 1. The van der Waals surface area contributed by atoms with Crippen molar-refractivity contribution in [1.82, 2.24) is 0 Å². The lowest BCUT2D eigenvalue weighted by molar-refractivity contribution is 0.478. The summed E-state index contributed by atoms with van der Waals surface area (Å²) in [5.41, 5.74) is 8.22. The fraction of sp³-hybridized carbons (Fsp3) is 0.133. The standard InChI is InChI=1S/C15H15BrN2O/c1-9-8-12(4-5-13(9)15(17)18)19-14-6-3-11(16)7-10(14)2/h3-8H,1-2H3,(H3,17,18). The highest BCUT2D eigenvalue weighted by atomic mass is 79.9. The van der Waals surface area contributed by atoms with Crippen molar-refractivity contribution in [3.8, 4) is 11.5 Å². The van der Waals surface area contributed by atoms with Crippen molar-refractivity contribution in [1.29, 1.82) is 5.41 Å². The number of halogens is 1. The quantitative estimate of drug-likeness (QED) is 0.660. The summed E-state index contributed by atoms with van der Waals surface area (Å²) in [4.78, 5) is 0. The van der Waals surface area contributed by atoms with Crippen molar-refractivity contribution in [3.63, 3.8) is 0 Å². The summed E-state index contributed by atoms with van der Waals surface area (Å²) in [6.07, 6.45) is 0. The Bertz CT molecular complexity index is 638. The molecule has 2 aromatic rings. The van der Waals surface area contributed by atoms with Gasteiger partial charge in [-0.05, 0) is 61.4 Å².